The monoisotopic (exact) mass is 1810 g/mol. The average Bonchev–Trinajstić information content (AvgIpc) is 0.685. The highest BCUT2D eigenvalue weighted by molar-refractivity contribution is 6.28. The van der Waals surface area contributed by atoms with E-state index in [1.807, 2.05) is 19.0 Å². The highest BCUT2D eigenvalue weighted by Crippen LogP contribution is 2.63. The number of nitrogens with zero attached hydrogens (tertiary/aromatic N) is 5. The van der Waals surface area contributed by atoms with Gasteiger partial charge >= 0.3 is 0 Å². The van der Waals surface area contributed by atoms with Gasteiger partial charge in [0.1, 0.15) is 91.4 Å². The Morgan fingerprint density at radius 2 is 0.723 bits per heavy atom. The SMILES string of the molecule is CN(C)[C@@H]1C(=O)C(C(N)=O)=C(O)[C@@]2(O)C(=O)C3=C(O)c4c(O)cccc4[C@@](C)(O)[C@H]3C[C@@H]12.CN(C)[C@@H]1C(=O)C(C(N)=O)=C(O)[C@@]2(O)C(=O)C3=C(O)c4c(O)cccc4[C@@](C)(O)[C@H]3[C@H](O)[C@@H]12.CN(C)c1ccc(O)c2c1C[C@H]1C[C@H]3[C@H](N(C)C)C(=O)C(C(N)=O)=C(O)[C@@]3(O)C(=O)C1=C2O.C[C@H]1c2cccc(O)c2C(O)=C2C(=O)[C@]3(O)C(O)=C(C(N)=O)C(=O)[C@@H](N(C)C)[C@@H]3[C@@H](O)[C@@H]21. The first-order valence-corrected chi connectivity index (χ1v) is 40.6. The van der Waals surface area contributed by atoms with Gasteiger partial charge in [0, 0.05) is 60.2 Å². The number of aliphatic hydroxyl groups is 16. The Labute approximate surface area is 738 Å². The summed E-state index contributed by atoms with van der Waals surface area (Å²) in [5.41, 5.74) is 2.29. The van der Waals surface area contributed by atoms with Gasteiger partial charge in [-0.05, 0) is 154 Å². The quantitative estimate of drug-likeness (QED) is 0.0788. The average molecular weight is 1810 g/mol. The number of carbonyl (C=O) groups excluding carboxylic acids is 12. The molecular formula is C89H99N9O32. The van der Waals surface area contributed by atoms with Gasteiger partial charge in [0.15, 0.2) is 45.5 Å². The Morgan fingerprint density at radius 3 is 1.15 bits per heavy atom. The predicted molar refractivity (Wildman–Crippen MR) is 451 cm³/mol. The van der Waals surface area contributed by atoms with E-state index in [1.54, 1.807) is 39.2 Å². The van der Waals surface area contributed by atoms with E-state index >= 15 is 0 Å². The van der Waals surface area contributed by atoms with Crippen molar-refractivity contribution in [1.82, 2.24) is 19.6 Å². The lowest BCUT2D eigenvalue weighted by Crippen LogP contribution is -2.71. The van der Waals surface area contributed by atoms with Gasteiger partial charge in [-0.3, -0.25) is 77.1 Å². The molecule has 28 N–H and O–H groups in total. The Bertz CT molecular complexity index is 6060. The Balaban J connectivity index is 0.000000148. The molecule has 41 nitrogen and oxygen atoms in total. The molecule has 0 spiro atoms. The molecule has 692 valence electrons. The summed E-state index contributed by atoms with van der Waals surface area (Å²) in [7, 11) is 15.5. The van der Waals surface area contributed by atoms with Crippen LogP contribution in [0.25, 0.3) is 23.0 Å². The first kappa shape index (κ1) is 94.6. The number of amides is 4. The highest BCUT2D eigenvalue weighted by Gasteiger charge is 2.73. The zero-order valence-corrected chi connectivity index (χ0v) is 72.0. The van der Waals surface area contributed by atoms with Crippen LogP contribution in [0.5, 0.6) is 23.0 Å². The van der Waals surface area contributed by atoms with Crippen molar-refractivity contribution in [3.63, 3.8) is 0 Å². The second-order valence-electron chi connectivity index (χ2n) is 36.1. The summed E-state index contributed by atoms with van der Waals surface area (Å²) in [6.07, 6.45) is -3.34. The van der Waals surface area contributed by atoms with Gasteiger partial charge in [-0.2, -0.15) is 0 Å². The number of fused-ring (bicyclic) bond motifs is 12. The second-order valence-corrected chi connectivity index (χ2v) is 36.1. The number of anilines is 1. The number of hydrogen-bond donors (Lipinski definition) is 24. The lowest BCUT2D eigenvalue weighted by molar-refractivity contribution is -0.181. The molecule has 4 amide bonds. The van der Waals surface area contributed by atoms with Crippen molar-refractivity contribution in [2.45, 2.75) is 116 Å². The number of benzene rings is 4. The Hall–Kier alpha value is -13.0. The van der Waals surface area contributed by atoms with Crippen LogP contribution in [0.4, 0.5) is 5.69 Å². The molecule has 0 aromatic heterocycles. The number of ketones is 8. The molecule has 0 radical (unpaired) electrons. The second kappa shape index (κ2) is 31.7. The van der Waals surface area contributed by atoms with Gasteiger partial charge in [-0.1, -0.05) is 43.3 Å². The molecule has 4 fully saturated rings. The highest BCUT2D eigenvalue weighted by atomic mass is 16.4. The van der Waals surface area contributed by atoms with E-state index in [0.717, 1.165) is 5.69 Å². The zero-order valence-electron chi connectivity index (χ0n) is 72.0. The number of primary amides is 4. The standard InChI is InChI=1S/C23H27N3O7.C22H24N2O9.2C22H24N2O8/c1-25(2)12-5-6-13(27)15-10(12)7-9-8-11-17(26(3)4)19(29)16(22(24)32)21(31)23(11,33)20(30)14(9)18(15)28;1-21(32)7-5-4-6-8(25)9(7)15(26)10-12(21)17(28)13-14(24(2)3)16(27)11(20(23)31)19(30)22(13,33)18(10)29;1-21(31)8-5-4-6-11(25)12(8)16(26)13-9(21)7-10-15(24(2)3)17(27)14(20(23)30)19(29)22(10,32)18(13)28;1-7-8-5-4-6-9(25)11(8)16(26)12-10(7)17(27)14-15(24(2)3)18(28)13(21(23)31)20(30)22(14,32)19(12)29/h5-6,9,11,17,27-28,31,33H,7-8H2,1-4H3,(H2,24,32);4-6,12-14,17,25-26,28,30,32-33H,1-3H3,(H2,23,31);4-6,9-10,15,25-26,29,31-32H,7H2,1-3H3,(H2,23,30);4-7,10,14-15,17,25-27,30,32H,1-3H3,(H2,23,31)/t9-,11-,17-,23-;12-,13-,14+,17+,21-,22+;9-,10-,15-,21+,22-;7-,10+,14+,15-,17-,22-/m0100/s1. The molecule has 4 aromatic rings. The van der Waals surface area contributed by atoms with Gasteiger partial charge in [0.25, 0.3) is 23.6 Å². The summed E-state index contributed by atoms with van der Waals surface area (Å²) < 4.78 is 0. The van der Waals surface area contributed by atoms with E-state index < -0.39 is 290 Å². The van der Waals surface area contributed by atoms with Crippen LogP contribution in [0.1, 0.15) is 84.0 Å². The summed E-state index contributed by atoms with van der Waals surface area (Å²) in [5, 5.41) is 220. The van der Waals surface area contributed by atoms with Crippen molar-refractivity contribution in [2.75, 3.05) is 75.4 Å². The number of phenols is 4. The molecule has 21 atom stereocenters. The molecule has 0 bridgehead atoms. The number of rotatable bonds is 9. The molecule has 16 rings (SSSR count). The molecule has 0 saturated heterocycles. The number of aliphatic hydroxyl groups excluding tert-OH is 10. The van der Waals surface area contributed by atoms with Gasteiger partial charge in [0.2, 0.25) is 23.1 Å². The van der Waals surface area contributed by atoms with Crippen molar-refractivity contribution in [2.24, 2.45) is 70.3 Å². The fourth-order valence-corrected chi connectivity index (χ4v) is 22.3. The van der Waals surface area contributed by atoms with Crippen molar-refractivity contribution in [3.8, 4) is 23.0 Å². The maximum atomic E-state index is 13.7. The number of Topliss-reactive ketones (excluding diaryl/α,β-unsaturated/α-hetero) is 8. The van der Waals surface area contributed by atoms with E-state index in [4.69, 9.17) is 22.9 Å². The van der Waals surface area contributed by atoms with Crippen molar-refractivity contribution in [3.05, 3.63) is 179 Å². The van der Waals surface area contributed by atoms with Crippen LogP contribution in [0.15, 0.2) is 134 Å². The zero-order chi connectivity index (χ0) is 97.1. The van der Waals surface area contributed by atoms with Crippen LogP contribution in [0.3, 0.4) is 0 Å². The van der Waals surface area contributed by atoms with E-state index in [-0.39, 0.29) is 69.7 Å². The van der Waals surface area contributed by atoms with E-state index in [9.17, 15) is 160 Å². The third-order valence-corrected chi connectivity index (χ3v) is 28.1. The number of phenolic OH excluding ortho intramolecular Hbond substituents is 4. The van der Waals surface area contributed by atoms with E-state index in [0.29, 0.717) is 11.1 Å². The topological polar surface area (TPSA) is 730 Å². The predicted octanol–water partition coefficient (Wildman–Crippen LogP) is -2.25. The van der Waals surface area contributed by atoms with Crippen LogP contribution >= 0.6 is 0 Å². The first-order valence-electron chi connectivity index (χ1n) is 40.6. The molecule has 0 heterocycles. The summed E-state index contributed by atoms with van der Waals surface area (Å²) in [4.78, 5) is 162. The molecular weight excluding hydrogens is 1710 g/mol. The first-order chi connectivity index (χ1) is 60.2. The summed E-state index contributed by atoms with van der Waals surface area (Å²) >= 11 is 0. The third-order valence-electron chi connectivity index (χ3n) is 28.1. The van der Waals surface area contributed by atoms with E-state index in [2.05, 4.69) is 0 Å². The Morgan fingerprint density at radius 1 is 0.385 bits per heavy atom. The number of carbonyl (C=O) groups is 12. The van der Waals surface area contributed by atoms with Crippen LogP contribution in [-0.2, 0) is 75.2 Å². The van der Waals surface area contributed by atoms with Gasteiger partial charge in [-0.15, -0.1) is 0 Å². The smallest absolute Gasteiger partial charge is 0.255 e. The minimum Gasteiger partial charge on any atom is -0.508 e. The summed E-state index contributed by atoms with van der Waals surface area (Å²) in [6, 6.07) is 10.7. The Kier molecular flexibility index (Phi) is 23.0. The van der Waals surface area contributed by atoms with E-state index in [1.165, 1.54) is 124 Å². The number of nitrogens with two attached hydrogens (primary N) is 4. The third kappa shape index (κ3) is 12.8. The fraction of sp³-hybridized carbons (Fsp3) is 0.416. The van der Waals surface area contributed by atoms with Crippen LogP contribution in [0, 0.1) is 47.3 Å². The molecule has 41 heteroatoms. The summed E-state index contributed by atoms with van der Waals surface area (Å²) in [6.45, 7) is 4.33. The van der Waals surface area contributed by atoms with Gasteiger partial charge in [0.05, 0.1) is 93.2 Å². The minimum absolute atomic E-state index is 0.00664. The molecule has 130 heavy (non-hydrogen) atoms. The lowest BCUT2D eigenvalue weighted by Gasteiger charge is -2.55. The van der Waals surface area contributed by atoms with Gasteiger partial charge < -0.3 is 130 Å². The van der Waals surface area contributed by atoms with Crippen LogP contribution in [0.2, 0.25) is 0 Å². The van der Waals surface area contributed by atoms with Crippen molar-refractivity contribution < 1.29 is 160 Å². The molecule has 0 unspecified atom stereocenters. The lowest BCUT2D eigenvalue weighted by atomic mass is 9.53. The van der Waals surface area contributed by atoms with Crippen molar-refractivity contribution >= 4 is 98.6 Å². The molecule has 12 aliphatic rings. The van der Waals surface area contributed by atoms with Crippen LogP contribution < -0.4 is 27.8 Å². The fourth-order valence-electron chi connectivity index (χ4n) is 22.3. The van der Waals surface area contributed by atoms with Gasteiger partial charge in [-0.25, -0.2) is 0 Å². The number of aromatic hydroxyl groups is 4. The maximum Gasteiger partial charge on any atom is 0.255 e. The molecule has 4 aromatic carbocycles. The summed E-state index contributed by atoms with van der Waals surface area (Å²) in [5.74, 6) is -33.0. The number of hydrogen-bond acceptors (Lipinski definition) is 37. The molecule has 12 aliphatic carbocycles. The molecule has 0 aliphatic heterocycles. The molecule has 4 saturated carbocycles. The normalized spacial score (nSPS) is 33.4. The van der Waals surface area contributed by atoms with Crippen molar-refractivity contribution in [1.29, 1.82) is 0 Å². The maximum absolute atomic E-state index is 13.7. The largest absolute Gasteiger partial charge is 0.508 e. The number of likely N-dealkylation sites (N-methyl/N-ethyl adjacent to an activating group) is 4. The van der Waals surface area contributed by atoms with Crippen LogP contribution in [-0.4, -0.2) is 321 Å². The minimum atomic E-state index is -3.02.